The molecule has 0 aromatic heterocycles. The number of carbonyl (C=O) groups excluding carboxylic acids is 6. The highest BCUT2D eigenvalue weighted by Gasteiger charge is 2.53. The Morgan fingerprint density at radius 1 is 0.651 bits per heavy atom. The van der Waals surface area contributed by atoms with Crippen LogP contribution in [0.15, 0.2) is 72.9 Å². The van der Waals surface area contributed by atoms with Gasteiger partial charge in [0.1, 0.15) is 23.6 Å². The number of carboxylic acid groups (broad SMARTS) is 2. The summed E-state index contributed by atoms with van der Waals surface area (Å²) in [5, 5.41) is 34.4. The number of allylic oxidation sites excluding steroid dienone is 1. The zero-order valence-corrected chi connectivity index (χ0v) is 35.1. The minimum absolute atomic E-state index is 0.0362. The first-order valence-corrected chi connectivity index (χ1v) is 20.6. The number of carbonyl (C=O) groups is 8. The summed E-state index contributed by atoms with van der Waals surface area (Å²) >= 11 is 0. The summed E-state index contributed by atoms with van der Waals surface area (Å²) in [6.07, 6.45) is 2.48. The van der Waals surface area contributed by atoms with Crippen LogP contribution in [-0.4, -0.2) is 82.8 Å². The molecule has 3 aromatic rings. The van der Waals surface area contributed by atoms with Crippen molar-refractivity contribution in [3.8, 4) is 11.5 Å². The van der Waals surface area contributed by atoms with Crippen molar-refractivity contribution in [1.82, 2.24) is 21.3 Å². The maximum absolute atomic E-state index is 13.6. The molecule has 0 saturated heterocycles. The van der Waals surface area contributed by atoms with Crippen molar-refractivity contribution >= 4 is 58.8 Å². The highest BCUT2D eigenvalue weighted by atomic mass is 16.6. The van der Waals surface area contributed by atoms with E-state index in [2.05, 4.69) is 38.5 Å². The van der Waals surface area contributed by atoms with Gasteiger partial charge < -0.3 is 51.6 Å². The van der Waals surface area contributed by atoms with Crippen LogP contribution in [0.3, 0.4) is 0 Å². The summed E-state index contributed by atoms with van der Waals surface area (Å²) in [7, 11) is 0. The summed E-state index contributed by atoms with van der Waals surface area (Å²) in [6, 6.07) is 14.9. The van der Waals surface area contributed by atoms with Gasteiger partial charge in [-0.3, -0.25) is 33.6 Å². The van der Waals surface area contributed by atoms with Crippen LogP contribution in [-0.2, 0) is 43.9 Å². The highest BCUT2D eigenvalue weighted by Crippen LogP contribution is 2.56. The van der Waals surface area contributed by atoms with Crippen molar-refractivity contribution in [3.63, 3.8) is 0 Å². The Bertz CT molecular complexity index is 2150. The van der Waals surface area contributed by atoms with E-state index in [1.165, 1.54) is 13.8 Å². The molecule has 8 N–H and O–H groups in total. The molecule has 3 atom stereocenters. The Labute approximate surface area is 363 Å². The molecule has 63 heavy (non-hydrogen) atoms. The lowest BCUT2D eigenvalue weighted by molar-refractivity contribution is -0.139. The van der Waals surface area contributed by atoms with E-state index in [9.17, 15) is 38.4 Å². The number of unbranched alkanes of at least 4 members (excludes halogenated alkanes) is 2. The molecule has 18 heteroatoms. The lowest BCUT2D eigenvalue weighted by atomic mass is 9.77. The van der Waals surface area contributed by atoms with Gasteiger partial charge in [0.15, 0.2) is 5.60 Å². The second kappa shape index (κ2) is 21.5. The lowest BCUT2D eigenvalue weighted by Gasteiger charge is -2.37. The Morgan fingerprint density at radius 3 is 1.68 bits per heavy atom. The fraction of sp³-hybridized carbons (Fsp3) is 0.378. The van der Waals surface area contributed by atoms with E-state index in [1.54, 1.807) is 60.7 Å². The number of anilines is 2. The molecule has 5 rings (SSSR count). The molecular weight excluding hydrogens is 817 g/mol. The molecule has 0 saturated carbocycles. The van der Waals surface area contributed by atoms with Crippen LogP contribution >= 0.6 is 0 Å². The van der Waals surface area contributed by atoms with E-state index < -0.39 is 65.1 Å². The Balaban J connectivity index is 1.33. The van der Waals surface area contributed by atoms with Gasteiger partial charge in [0.25, 0.3) is 0 Å². The minimum Gasteiger partial charge on any atom is -0.481 e. The molecule has 0 fully saturated rings. The van der Waals surface area contributed by atoms with Crippen LogP contribution in [0.5, 0.6) is 11.5 Å². The van der Waals surface area contributed by atoms with Crippen LogP contribution in [0.1, 0.15) is 105 Å². The van der Waals surface area contributed by atoms with Gasteiger partial charge in [-0.15, -0.1) is 0 Å². The minimum atomic E-state index is -1.46. The average Bonchev–Trinajstić information content (AvgIpc) is 3.52. The molecule has 18 nitrogen and oxygen atoms in total. The quantitative estimate of drug-likeness (QED) is 0.0485. The summed E-state index contributed by atoms with van der Waals surface area (Å²) in [5.41, 5.74) is 1.62. The monoisotopic (exact) mass is 868 g/mol. The zero-order chi connectivity index (χ0) is 45.7. The normalized spacial score (nSPS) is 15.2. The van der Waals surface area contributed by atoms with Crippen LogP contribution in [0.4, 0.5) is 11.4 Å². The SMILES string of the molecule is C=C(CCC(=O)O)NCCCCC(NC(C)=O)C(=O)Nc1ccc2c(c1)Oc1cc(NC(=O)C(CCCCNC(=O)CCC(=O)O)NC(C)=O)ccc1C21OC(=O)c2ccccc21. The highest BCUT2D eigenvalue weighted by molar-refractivity contribution is 6.00. The van der Waals surface area contributed by atoms with E-state index >= 15 is 0 Å². The third-order valence-corrected chi connectivity index (χ3v) is 10.4. The maximum Gasteiger partial charge on any atom is 0.340 e. The Morgan fingerprint density at radius 2 is 1.16 bits per heavy atom. The van der Waals surface area contributed by atoms with Crippen LogP contribution in [0, 0.1) is 0 Å². The van der Waals surface area contributed by atoms with Gasteiger partial charge in [-0.1, -0.05) is 24.8 Å². The molecule has 0 bridgehead atoms. The number of ether oxygens (including phenoxy) is 2. The topological polar surface area (TPSA) is 268 Å². The predicted octanol–water partition coefficient (Wildman–Crippen LogP) is 4.43. The van der Waals surface area contributed by atoms with Gasteiger partial charge in [-0.05, 0) is 75.3 Å². The molecule has 2 aliphatic heterocycles. The number of benzene rings is 3. The summed E-state index contributed by atoms with van der Waals surface area (Å²) in [6.45, 7) is 7.21. The third-order valence-electron chi connectivity index (χ3n) is 10.4. The van der Waals surface area contributed by atoms with E-state index in [-0.39, 0.29) is 43.7 Å². The lowest BCUT2D eigenvalue weighted by Crippen LogP contribution is -2.43. The molecule has 3 unspecified atom stereocenters. The van der Waals surface area contributed by atoms with E-state index in [1.807, 2.05) is 0 Å². The number of hydrogen-bond donors (Lipinski definition) is 8. The van der Waals surface area contributed by atoms with Gasteiger partial charge >= 0.3 is 17.9 Å². The number of aliphatic carboxylic acids is 2. The summed E-state index contributed by atoms with van der Waals surface area (Å²) < 4.78 is 12.7. The predicted molar refractivity (Wildman–Crippen MR) is 229 cm³/mol. The van der Waals surface area contributed by atoms with E-state index in [0.717, 1.165) is 0 Å². The smallest absolute Gasteiger partial charge is 0.340 e. The number of hydrogen-bond acceptors (Lipinski definition) is 11. The number of nitrogens with one attached hydrogen (secondary N) is 6. The number of fused-ring (bicyclic) bond motifs is 6. The van der Waals surface area contributed by atoms with Gasteiger partial charge in [0, 0.05) is 79.3 Å². The molecular formula is C45H52N6O12. The van der Waals surface area contributed by atoms with Crippen LogP contribution < -0.4 is 36.6 Å². The molecule has 334 valence electrons. The fourth-order valence-corrected chi connectivity index (χ4v) is 7.41. The number of amides is 5. The molecule has 5 amide bonds. The standard InChI is InChI=1S/C45H52N6O12/c1-26(14-20-40(55)56)46-22-8-6-12-35(48-27(2)52)42(59)50-29-15-17-33-37(24-29)62-38-25-30(16-18-34(38)45(33)32-11-5-4-10-31(32)44(61)63-45)51-43(60)36(49-28(3)53)13-7-9-23-47-39(54)19-21-41(57)58/h4-5,10-11,15-18,24-25,35-36,46H,1,6-9,12-14,19-23H2,2-3H3,(H,47,54)(H,48,52)(H,49,53)(H,50,59)(H,51,60)(H,55,56)(H,57,58). The van der Waals surface area contributed by atoms with Crippen molar-refractivity contribution in [3.05, 3.63) is 95.2 Å². The van der Waals surface area contributed by atoms with Crippen LogP contribution in [0.2, 0.25) is 0 Å². The van der Waals surface area contributed by atoms with Crippen molar-refractivity contribution in [2.75, 3.05) is 23.7 Å². The second-order valence-electron chi connectivity index (χ2n) is 15.3. The number of rotatable bonds is 23. The molecule has 0 radical (unpaired) electrons. The average molecular weight is 869 g/mol. The van der Waals surface area contributed by atoms with Crippen molar-refractivity contribution in [2.45, 2.75) is 95.7 Å². The van der Waals surface area contributed by atoms with Gasteiger partial charge in [0.2, 0.25) is 29.5 Å². The van der Waals surface area contributed by atoms with E-state index in [4.69, 9.17) is 19.7 Å². The molecule has 2 aliphatic rings. The summed E-state index contributed by atoms with van der Waals surface area (Å²) in [5.74, 6) is -4.29. The Hall–Kier alpha value is -7.24. The van der Waals surface area contributed by atoms with Crippen LogP contribution in [0.25, 0.3) is 0 Å². The first-order valence-electron chi connectivity index (χ1n) is 20.6. The molecule has 3 aromatic carbocycles. The molecule has 2 heterocycles. The number of carboxylic acids is 2. The largest absolute Gasteiger partial charge is 0.481 e. The fourth-order valence-electron chi connectivity index (χ4n) is 7.41. The third kappa shape index (κ3) is 12.4. The summed E-state index contributed by atoms with van der Waals surface area (Å²) in [4.78, 5) is 98.2. The first-order chi connectivity index (χ1) is 30.1. The van der Waals surface area contributed by atoms with Gasteiger partial charge in [-0.2, -0.15) is 0 Å². The van der Waals surface area contributed by atoms with Crippen molar-refractivity contribution < 1.29 is 58.0 Å². The van der Waals surface area contributed by atoms with Crippen molar-refractivity contribution in [2.24, 2.45) is 0 Å². The Kier molecular flexibility index (Phi) is 16.0. The second-order valence-corrected chi connectivity index (χ2v) is 15.3. The van der Waals surface area contributed by atoms with E-state index in [0.29, 0.717) is 84.4 Å². The zero-order valence-electron chi connectivity index (χ0n) is 35.1. The number of esters is 1. The van der Waals surface area contributed by atoms with Gasteiger partial charge in [-0.25, -0.2) is 4.79 Å². The maximum atomic E-state index is 13.6. The first kappa shape index (κ1) is 46.8. The van der Waals surface area contributed by atoms with Crippen molar-refractivity contribution in [1.29, 1.82) is 0 Å². The van der Waals surface area contributed by atoms with Gasteiger partial charge in [0.05, 0.1) is 18.4 Å². The molecule has 1 spiro atoms. The molecule has 0 aliphatic carbocycles.